The van der Waals surface area contributed by atoms with E-state index in [2.05, 4.69) is 9.97 Å². The fourth-order valence-corrected chi connectivity index (χ4v) is 2.39. The molecule has 2 aromatic rings. The summed E-state index contributed by atoms with van der Waals surface area (Å²) in [5.74, 6) is 0.801. The molecule has 100 valence electrons. The molecular weight excluding hydrogens is 264 g/mol. The Morgan fingerprint density at radius 3 is 2.84 bits per heavy atom. The van der Waals surface area contributed by atoms with Gasteiger partial charge in [0.25, 0.3) is 0 Å². The van der Waals surface area contributed by atoms with Crippen molar-refractivity contribution in [3.05, 3.63) is 30.1 Å². The molecule has 1 aromatic carbocycles. The minimum atomic E-state index is -1.01. The lowest BCUT2D eigenvalue weighted by molar-refractivity contribution is -0.137. The summed E-state index contributed by atoms with van der Waals surface area (Å²) in [5, 5.41) is 9.49. The molecule has 0 aliphatic heterocycles. The van der Waals surface area contributed by atoms with Crippen molar-refractivity contribution in [3.63, 3.8) is 0 Å². The molecule has 0 spiro atoms. The second-order valence-corrected chi connectivity index (χ2v) is 5.03. The van der Waals surface area contributed by atoms with E-state index in [1.165, 1.54) is 11.8 Å². The molecule has 1 heterocycles. The van der Waals surface area contributed by atoms with Crippen LogP contribution in [0.5, 0.6) is 0 Å². The van der Waals surface area contributed by atoms with Crippen LogP contribution in [0.1, 0.15) is 5.82 Å². The summed E-state index contributed by atoms with van der Waals surface area (Å²) in [6.07, 6.45) is 0. The van der Waals surface area contributed by atoms with E-state index in [1.54, 1.807) is 0 Å². The first-order chi connectivity index (χ1) is 9.08. The number of nitrogen functional groups attached to an aromatic ring is 1. The molecule has 0 bridgehead atoms. The Balaban J connectivity index is 2.07. The quantitative estimate of drug-likeness (QED) is 0.742. The van der Waals surface area contributed by atoms with Crippen LogP contribution in [0.2, 0.25) is 0 Å². The molecule has 6 nitrogen and oxygen atoms in total. The standard InChI is InChI=1S/C12H14N4O2S/c13-8(12(17)18)5-19-6-10-15-9-4-2-1-3-7(9)11(14)16-10/h1-4,8H,5-6,13H2,(H,17,18)(H2,14,15,16). The Hall–Kier alpha value is -1.86. The van der Waals surface area contributed by atoms with Gasteiger partial charge in [-0.25, -0.2) is 9.97 Å². The van der Waals surface area contributed by atoms with Gasteiger partial charge < -0.3 is 16.6 Å². The van der Waals surface area contributed by atoms with Crippen molar-refractivity contribution < 1.29 is 9.90 Å². The fourth-order valence-electron chi connectivity index (χ4n) is 1.56. The highest BCUT2D eigenvalue weighted by atomic mass is 32.2. The summed E-state index contributed by atoms with van der Waals surface area (Å²) in [5.41, 5.74) is 12.1. The zero-order chi connectivity index (χ0) is 13.8. The van der Waals surface area contributed by atoms with Gasteiger partial charge in [0.1, 0.15) is 17.7 Å². The second-order valence-electron chi connectivity index (χ2n) is 4.00. The molecule has 0 fully saturated rings. The molecular formula is C12H14N4O2S. The number of fused-ring (bicyclic) bond motifs is 1. The summed E-state index contributed by atoms with van der Waals surface area (Å²) >= 11 is 1.37. The van der Waals surface area contributed by atoms with E-state index in [4.69, 9.17) is 16.6 Å². The zero-order valence-electron chi connectivity index (χ0n) is 10.1. The number of carboxylic acid groups (broad SMARTS) is 1. The van der Waals surface area contributed by atoms with E-state index in [1.807, 2.05) is 24.3 Å². The van der Waals surface area contributed by atoms with Gasteiger partial charge in [-0.3, -0.25) is 4.79 Å². The molecule has 0 aliphatic rings. The maximum atomic E-state index is 10.6. The summed E-state index contributed by atoms with van der Waals surface area (Å²) in [4.78, 5) is 19.2. The van der Waals surface area contributed by atoms with E-state index in [9.17, 15) is 4.79 Å². The van der Waals surface area contributed by atoms with Gasteiger partial charge in [-0.1, -0.05) is 12.1 Å². The number of nitrogens with two attached hydrogens (primary N) is 2. The number of thioether (sulfide) groups is 1. The van der Waals surface area contributed by atoms with Crippen LogP contribution in [0.25, 0.3) is 10.9 Å². The molecule has 7 heteroatoms. The predicted octanol–water partition coefficient (Wildman–Crippen LogP) is 0.857. The van der Waals surface area contributed by atoms with Crippen LogP contribution in [0.4, 0.5) is 5.82 Å². The highest BCUT2D eigenvalue weighted by Crippen LogP contribution is 2.19. The maximum absolute atomic E-state index is 10.6. The molecule has 1 aromatic heterocycles. The number of carboxylic acids is 1. The van der Waals surface area contributed by atoms with Crippen molar-refractivity contribution in [1.29, 1.82) is 0 Å². The summed E-state index contributed by atoms with van der Waals surface area (Å²) in [7, 11) is 0. The molecule has 0 saturated carbocycles. The monoisotopic (exact) mass is 278 g/mol. The van der Waals surface area contributed by atoms with Crippen LogP contribution in [-0.2, 0) is 10.5 Å². The molecule has 19 heavy (non-hydrogen) atoms. The van der Waals surface area contributed by atoms with Crippen molar-refractivity contribution in [1.82, 2.24) is 9.97 Å². The Morgan fingerprint density at radius 1 is 1.37 bits per heavy atom. The number of nitrogens with zero attached hydrogens (tertiary/aromatic N) is 2. The molecule has 0 aliphatic carbocycles. The first-order valence-corrected chi connectivity index (χ1v) is 6.80. The normalized spacial score (nSPS) is 12.5. The van der Waals surface area contributed by atoms with Gasteiger partial charge in [-0.15, -0.1) is 0 Å². The molecule has 1 unspecified atom stereocenters. The minimum absolute atomic E-state index is 0.311. The first-order valence-electron chi connectivity index (χ1n) is 5.65. The Labute approximate surface area is 114 Å². The van der Waals surface area contributed by atoms with Crippen molar-refractivity contribution in [2.45, 2.75) is 11.8 Å². The average molecular weight is 278 g/mol. The number of anilines is 1. The summed E-state index contributed by atoms with van der Waals surface area (Å²) < 4.78 is 0. The van der Waals surface area contributed by atoms with Gasteiger partial charge in [-0.05, 0) is 12.1 Å². The van der Waals surface area contributed by atoms with Gasteiger partial charge in [-0.2, -0.15) is 11.8 Å². The SMILES string of the molecule is Nc1nc(CSCC(N)C(=O)O)nc2ccccc12. The lowest BCUT2D eigenvalue weighted by atomic mass is 10.2. The molecule has 0 radical (unpaired) electrons. The van der Waals surface area contributed by atoms with Gasteiger partial charge in [0.15, 0.2) is 0 Å². The number of aliphatic carboxylic acids is 1. The van der Waals surface area contributed by atoms with Crippen LogP contribution in [0.15, 0.2) is 24.3 Å². The van der Waals surface area contributed by atoms with E-state index in [-0.39, 0.29) is 0 Å². The Kier molecular flexibility index (Phi) is 4.18. The molecule has 5 N–H and O–H groups in total. The summed E-state index contributed by atoms with van der Waals surface area (Å²) in [6.45, 7) is 0. The number of hydrogen-bond acceptors (Lipinski definition) is 6. The van der Waals surface area contributed by atoms with Gasteiger partial charge >= 0.3 is 5.97 Å². The number of benzene rings is 1. The predicted molar refractivity (Wildman–Crippen MR) is 75.7 cm³/mol. The van der Waals surface area contributed by atoms with Crippen LogP contribution < -0.4 is 11.5 Å². The van der Waals surface area contributed by atoms with Crippen molar-refractivity contribution in [2.75, 3.05) is 11.5 Å². The Bertz CT molecular complexity index is 605. The lowest BCUT2D eigenvalue weighted by Crippen LogP contribution is -2.32. The number of hydrogen-bond donors (Lipinski definition) is 3. The highest BCUT2D eigenvalue weighted by Gasteiger charge is 2.12. The third-order valence-corrected chi connectivity index (χ3v) is 3.58. The fraction of sp³-hybridized carbons (Fsp3) is 0.250. The second kappa shape index (κ2) is 5.85. The average Bonchev–Trinajstić information content (AvgIpc) is 2.38. The van der Waals surface area contributed by atoms with Crippen LogP contribution in [-0.4, -0.2) is 32.8 Å². The van der Waals surface area contributed by atoms with E-state index >= 15 is 0 Å². The van der Waals surface area contributed by atoms with E-state index in [0.29, 0.717) is 23.1 Å². The van der Waals surface area contributed by atoms with Crippen molar-refractivity contribution >= 4 is 34.5 Å². The number of para-hydroxylation sites is 1. The van der Waals surface area contributed by atoms with Crippen LogP contribution in [0, 0.1) is 0 Å². The number of carbonyl (C=O) groups is 1. The van der Waals surface area contributed by atoms with E-state index < -0.39 is 12.0 Å². The van der Waals surface area contributed by atoms with Crippen molar-refractivity contribution in [3.8, 4) is 0 Å². The molecule has 1 atom stereocenters. The first kappa shape index (κ1) is 13.6. The molecule has 0 saturated heterocycles. The van der Waals surface area contributed by atoms with E-state index in [0.717, 1.165) is 10.9 Å². The smallest absolute Gasteiger partial charge is 0.321 e. The number of rotatable bonds is 5. The largest absolute Gasteiger partial charge is 0.480 e. The summed E-state index contributed by atoms with van der Waals surface area (Å²) in [6, 6.07) is 6.61. The lowest BCUT2D eigenvalue weighted by Gasteiger charge is -2.07. The maximum Gasteiger partial charge on any atom is 0.321 e. The van der Waals surface area contributed by atoms with Gasteiger partial charge in [0.05, 0.1) is 11.3 Å². The topological polar surface area (TPSA) is 115 Å². The highest BCUT2D eigenvalue weighted by molar-refractivity contribution is 7.98. The minimum Gasteiger partial charge on any atom is -0.480 e. The molecule has 0 amide bonds. The zero-order valence-corrected chi connectivity index (χ0v) is 10.9. The number of aromatic nitrogens is 2. The third-order valence-electron chi connectivity index (χ3n) is 2.52. The Morgan fingerprint density at radius 2 is 2.11 bits per heavy atom. The van der Waals surface area contributed by atoms with Crippen LogP contribution in [0.3, 0.4) is 0 Å². The van der Waals surface area contributed by atoms with Gasteiger partial charge in [0, 0.05) is 11.1 Å². The van der Waals surface area contributed by atoms with Crippen molar-refractivity contribution in [2.24, 2.45) is 5.73 Å². The van der Waals surface area contributed by atoms with Crippen LogP contribution >= 0.6 is 11.8 Å². The van der Waals surface area contributed by atoms with Gasteiger partial charge in [0.2, 0.25) is 0 Å². The third kappa shape index (κ3) is 3.33. The molecule has 2 rings (SSSR count).